The zero-order chi connectivity index (χ0) is 26.3. The summed E-state index contributed by atoms with van der Waals surface area (Å²) in [5.74, 6) is -2.17. The van der Waals surface area contributed by atoms with Crippen molar-refractivity contribution in [2.24, 2.45) is 0 Å². The second-order valence-electron chi connectivity index (χ2n) is 8.70. The maximum atomic E-state index is 13.4. The average Bonchev–Trinajstić information content (AvgIpc) is 3.31. The Hall–Kier alpha value is -3.26. The zero-order valence-electron chi connectivity index (χ0n) is 20.6. The Morgan fingerprint density at radius 3 is 1.06 bits per heavy atom. The SMILES string of the molecule is CCC(CC)(O[P+](=O)OC(CC)(CC)N1C(=O)c2ccccc2C1=O)N1C(=O)c2ccccc2C1=O. The largest absolute Gasteiger partial charge is 0.702 e. The van der Waals surface area contributed by atoms with Gasteiger partial charge in [-0.05, 0) is 49.9 Å². The fourth-order valence-electron chi connectivity index (χ4n) is 4.89. The van der Waals surface area contributed by atoms with Crippen LogP contribution in [-0.4, -0.2) is 44.9 Å². The van der Waals surface area contributed by atoms with Gasteiger partial charge in [-0.15, -0.1) is 0 Å². The quantitative estimate of drug-likeness (QED) is 0.314. The highest BCUT2D eigenvalue weighted by Gasteiger charge is 2.58. The van der Waals surface area contributed by atoms with Crippen molar-refractivity contribution in [3.8, 4) is 0 Å². The van der Waals surface area contributed by atoms with Crippen LogP contribution in [0.15, 0.2) is 48.5 Å². The Bertz CT molecular complexity index is 1100. The maximum Gasteiger partial charge on any atom is 0.702 e. The summed E-state index contributed by atoms with van der Waals surface area (Å²) in [6.07, 6.45) is 0.602. The second-order valence-corrected chi connectivity index (χ2v) is 9.51. The Morgan fingerprint density at radius 1 is 0.583 bits per heavy atom. The van der Waals surface area contributed by atoms with Gasteiger partial charge in [-0.3, -0.25) is 19.2 Å². The number of benzene rings is 2. The number of nitrogens with zero attached hydrogens (tertiary/aromatic N) is 2. The molecule has 188 valence electrons. The lowest BCUT2D eigenvalue weighted by molar-refractivity contribution is -0.0887. The first-order valence-electron chi connectivity index (χ1n) is 12.0. The molecule has 0 radical (unpaired) electrons. The number of carbonyl (C=O) groups excluding carboxylic acids is 4. The molecule has 0 atom stereocenters. The summed E-state index contributed by atoms with van der Waals surface area (Å²) in [6.45, 7) is 6.86. The van der Waals surface area contributed by atoms with Gasteiger partial charge in [0.25, 0.3) is 23.6 Å². The van der Waals surface area contributed by atoms with Crippen molar-refractivity contribution >= 4 is 31.9 Å². The Kier molecular flexibility index (Phi) is 6.92. The molecule has 4 rings (SSSR count). The van der Waals surface area contributed by atoms with E-state index in [1.54, 1.807) is 76.2 Å². The van der Waals surface area contributed by atoms with Crippen molar-refractivity contribution in [2.75, 3.05) is 0 Å². The molecule has 2 heterocycles. The van der Waals surface area contributed by atoms with E-state index in [0.717, 1.165) is 9.80 Å². The van der Waals surface area contributed by atoms with Crippen molar-refractivity contribution < 1.29 is 32.8 Å². The second kappa shape index (κ2) is 9.65. The number of carbonyl (C=O) groups is 4. The molecule has 0 aliphatic carbocycles. The molecule has 0 unspecified atom stereocenters. The molecule has 0 N–H and O–H groups in total. The van der Waals surface area contributed by atoms with E-state index in [0.29, 0.717) is 0 Å². The van der Waals surface area contributed by atoms with Crippen LogP contribution in [0.4, 0.5) is 0 Å². The third kappa shape index (κ3) is 3.79. The van der Waals surface area contributed by atoms with Crippen LogP contribution in [0.1, 0.15) is 94.8 Å². The van der Waals surface area contributed by atoms with Gasteiger partial charge in [-0.1, -0.05) is 61.0 Å². The van der Waals surface area contributed by atoms with Crippen LogP contribution in [0.5, 0.6) is 0 Å². The molecule has 10 heteroatoms. The molecule has 2 aromatic rings. The number of rotatable bonds is 10. The van der Waals surface area contributed by atoms with E-state index in [4.69, 9.17) is 9.05 Å². The van der Waals surface area contributed by atoms with Gasteiger partial charge in [0, 0.05) is 4.57 Å². The number of hydrogen-bond acceptors (Lipinski definition) is 7. The molecular weight excluding hydrogens is 483 g/mol. The highest BCUT2D eigenvalue weighted by Crippen LogP contribution is 2.47. The zero-order valence-corrected chi connectivity index (χ0v) is 21.5. The maximum absolute atomic E-state index is 13.4. The number of hydrogen-bond donors (Lipinski definition) is 0. The first-order valence-corrected chi connectivity index (χ1v) is 13.1. The van der Waals surface area contributed by atoms with Crippen LogP contribution < -0.4 is 0 Å². The molecule has 0 saturated heterocycles. The Balaban J connectivity index is 1.63. The van der Waals surface area contributed by atoms with E-state index in [1.165, 1.54) is 0 Å². The van der Waals surface area contributed by atoms with Gasteiger partial charge in [-0.25, -0.2) is 9.80 Å². The van der Waals surface area contributed by atoms with Crippen LogP contribution in [0.2, 0.25) is 0 Å². The minimum Gasteiger partial charge on any atom is -0.268 e. The van der Waals surface area contributed by atoms with Crippen molar-refractivity contribution in [3.05, 3.63) is 70.8 Å². The molecule has 0 spiro atoms. The lowest BCUT2D eigenvalue weighted by atomic mass is 10.1. The normalized spacial score (nSPS) is 15.6. The number of fused-ring (bicyclic) bond motifs is 2. The fraction of sp³-hybridized carbons (Fsp3) is 0.385. The Morgan fingerprint density at radius 2 is 0.833 bits per heavy atom. The molecule has 0 bridgehead atoms. The highest BCUT2D eigenvalue weighted by atomic mass is 31.1. The third-order valence-corrected chi connectivity index (χ3v) is 8.08. The highest BCUT2D eigenvalue weighted by molar-refractivity contribution is 7.33. The summed E-state index contributed by atoms with van der Waals surface area (Å²) in [7, 11) is -2.98. The van der Waals surface area contributed by atoms with Crippen molar-refractivity contribution in [1.29, 1.82) is 0 Å². The van der Waals surface area contributed by atoms with Gasteiger partial charge in [0.05, 0.1) is 22.3 Å². The molecule has 0 fully saturated rings. The van der Waals surface area contributed by atoms with Gasteiger partial charge < -0.3 is 0 Å². The minimum absolute atomic E-state index is 0.150. The van der Waals surface area contributed by atoms with E-state index >= 15 is 0 Å². The summed E-state index contributed by atoms with van der Waals surface area (Å²) in [4.78, 5) is 54.6. The molecule has 9 nitrogen and oxygen atoms in total. The van der Waals surface area contributed by atoms with Crippen molar-refractivity contribution in [2.45, 2.75) is 64.8 Å². The van der Waals surface area contributed by atoms with E-state index in [9.17, 15) is 23.7 Å². The molecule has 2 aromatic carbocycles. The lowest BCUT2D eigenvalue weighted by Crippen LogP contribution is -2.54. The Labute approximate surface area is 210 Å². The standard InChI is InChI=1S/C26H28N2O7P/c1-5-25(6-2,27-21(29)17-13-9-10-14-18(17)22(27)30)34-36(33)35-26(7-3,8-4)28-23(31)19-15-11-12-16-20(19)24(28)32/h9-16H,5-8H2,1-4H3/q+1. The average molecular weight is 511 g/mol. The van der Waals surface area contributed by atoms with Crippen LogP contribution in [0, 0.1) is 0 Å². The molecule has 36 heavy (non-hydrogen) atoms. The van der Waals surface area contributed by atoms with Gasteiger partial charge in [0.1, 0.15) is 0 Å². The number of imide groups is 2. The number of amides is 4. The van der Waals surface area contributed by atoms with Gasteiger partial charge >= 0.3 is 8.25 Å². The first-order chi connectivity index (χ1) is 17.2. The van der Waals surface area contributed by atoms with Crippen molar-refractivity contribution in [3.63, 3.8) is 0 Å². The monoisotopic (exact) mass is 511 g/mol. The molecule has 0 saturated carbocycles. The summed E-state index contributed by atoms with van der Waals surface area (Å²) in [6, 6.07) is 12.9. The molecule has 4 amide bonds. The van der Waals surface area contributed by atoms with E-state index in [1.807, 2.05) is 0 Å². The smallest absolute Gasteiger partial charge is 0.268 e. The van der Waals surface area contributed by atoms with E-state index < -0.39 is 43.3 Å². The van der Waals surface area contributed by atoms with Crippen LogP contribution in [0.3, 0.4) is 0 Å². The lowest BCUT2D eigenvalue weighted by Gasteiger charge is -2.35. The van der Waals surface area contributed by atoms with E-state index in [2.05, 4.69) is 0 Å². The first kappa shape index (κ1) is 25.8. The molecule has 2 aliphatic rings. The summed E-state index contributed by atoms with van der Waals surface area (Å²) < 4.78 is 25.2. The summed E-state index contributed by atoms with van der Waals surface area (Å²) in [5.41, 5.74) is -2.11. The predicted octanol–water partition coefficient (Wildman–Crippen LogP) is 5.30. The minimum atomic E-state index is -2.98. The molecular formula is C26H28N2O7P+. The van der Waals surface area contributed by atoms with Crippen LogP contribution in [0.25, 0.3) is 0 Å². The van der Waals surface area contributed by atoms with Crippen LogP contribution >= 0.6 is 8.25 Å². The topological polar surface area (TPSA) is 110 Å². The molecule has 2 aliphatic heterocycles. The van der Waals surface area contributed by atoms with Gasteiger partial charge in [0.2, 0.25) is 11.4 Å². The summed E-state index contributed by atoms with van der Waals surface area (Å²) in [5, 5.41) is 0. The molecule has 0 aromatic heterocycles. The predicted molar refractivity (Wildman–Crippen MR) is 130 cm³/mol. The van der Waals surface area contributed by atoms with E-state index in [-0.39, 0.29) is 47.9 Å². The third-order valence-electron chi connectivity index (χ3n) is 7.10. The van der Waals surface area contributed by atoms with Crippen molar-refractivity contribution in [1.82, 2.24) is 9.80 Å². The van der Waals surface area contributed by atoms with Gasteiger partial charge in [0.15, 0.2) is 0 Å². The fourth-order valence-corrected chi connectivity index (χ4v) is 6.16. The van der Waals surface area contributed by atoms with Gasteiger partial charge in [-0.2, -0.15) is 0 Å². The summed E-state index contributed by atoms with van der Waals surface area (Å²) >= 11 is 0. The van der Waals surface area contributed by atoms with Crippen LogP contribution in [-0.2, 0) is 13.6 Å².